The second-order valence-corrected chi connectivity index (χ2v) is 9.17. The first-order valence-electron chi connectivity index (χ1n) is 12.5. The molecule has 1 fully saturated rings. The first kappa shape index (κ1) is 23.5. The largest absolute Gasteiger partial charge is 0.369 e. The maximum absolute atomic E-state index is 4.90. The van der Waals surface area contributed by atoms with Crippen molar-refractivity contribution in [2.75, 3.05) is 50.7 Å². The summed E-state index contributed by atoms with van der Waals surface area (Å²) >= 11 is 0. The van der Waals surface area contributed by atoms with Gasteiger partial charge in [0.05, 0.1) is 11.4 Å². The number of aryl methyl sites for hydroxylation is 2. The average molecular weight is 446 g/mol. The zero-order valence-electron chi connectivity index (χ0n) is 20.6. The Labute approximate surface area is 199 Å². The summed E-state index contributed by atoms with van der Waals surface area (Å²) in [6.07, 6.45) is 3.16. The van der Waals surface area contributed by atoms with E-state index in [1.807, 2.05) is 0 Å². The van der Waals surface area contributed by atoms with Gasteiger partial charge in [-0.2, -0.15) is 5.10 Å². The first-order valence-corrected chi connectivity index (χ1v) is 12.5. The van der Waals surface area contributed by atoms with Gasteiger partial charge in [-0.3, -0.25) is 4.90 Å². The second kappa shape index (κ2) is 11.5. The van der Waals surface area contributed by atoms with Crippen molar-refractivity contribution in [1.29, 1.82) is 0 Å². The fourth-order valence-corrected chi connectivity index (χ4v) is 4.69. The van der Waals surface area contributed by atoms with Gasteiger partial charge in [0.1, 0.15) is 0 Å². The highest BCUT2D eigenvalue weighted by Crippen LogP contribution is 2.23. The molecule has 4 rings (SSSR count). The van der Waals surface area contributed by atoms with Gasteiger partial charge >= 0.3 is 0 Å². The lowest BCUT2D eigenvalue weighted by atomic mass is 10.1. The van der Waals surface area contributed by atoms with E-state index in [0.717, 1.165) is 70.8 Å². The quantitative estimate of drug-likeness (QED) is 0.470. The number of hydrogen-bond acceptors (Lipinski definition) is 4. The molecule has 0 bridgehead atoms. The Morgan fingerprint density at radius 2 is 1.67 bits per heavy atom. The molecular weight excluding hydrogens is 406 g/mol. The minimum Gasteiger partial charge on any atom is -0.369 e. The lowest BCUT2D eigenvalue weighted by Gasteiger charge is -2.37. The fraction of sp³-hybridized carbons (Fsp3) is 0.464. The van der Waals surface area contributed by atoms with Crippen LogP contribution in [0, 0.1) is 13.8 Å². The van der Waals surface area contributed by atoms with Crippen molar-refractivity contribution >= 4 is 5.69 Å². The van der Waals surface area contributed by atoms with Gasteiger partial charge in [0.2, 0.25) is 0 Å². The summed E-state index contributed by atoms with van der Waals surface area (Å²) in [7, 11) is 0. The second-order valence-electron chi connectivity index (χ2n) is 9.17. The SMILES string of the molecule is CCCc1cc(CCNCCN2CCN(c3cccc(C)c3C)CC2)nn1-c1ccccc1. The molecule has 3 aromatic rings. The fourth-order valence-electron chi connectivity index (χ4n) is 4.69. The van der Waals surface area contributed by atoms with Crippen LogP contribution in [0.25, 0.3) is 5.69 Å². The van der Waals surface area contributed by atoms with Crippen molar-refractivity contribution in [2.24, 2.45) is 0 Å². The number of nitrogens with one attached hydrogen (secondary N) is 1. The zero-order valence-corrected chi connectivity index (χ0v) is 20.6. The van der Waals surface area contributed by atoms with Crippen LogP contribution in [0.1, 0.15) is 35.9 Å². The molecule has 0 unspecified atom stereocenters. The number of para-hydroxylation sites is 1. The number of hydrogen-bond donors (Lipinski definition) is 1. The molecule has 2 heterocycles. The molecule has 33 heavy (non-hydrogen) atoms. The molecule has 176 valence electrons. The van der Waals surface area contributed by atoms with E-state index in [1.165, 1.54) is 28.2 Å². The summed E-state index contributed by atoms with van der Waals surface area (Å²) in [5.41, 5.74) is 7.85. The molecule has 0 amide bonds. The van der Waals surface area contributed by atoms with Crippen LogP contribution in [-0.4, -0.2) is 60.5 Å². The number of rotatable bonds is 10. The zero-order chi connectivity index (χ0) is 23.0. The van der Waals surface area contributed by atoms with Crippen LogP contribution >= 0.6 is 0 Å². The molecule has 1 saturated heterocycles. The Morgan fingerprint density at radius 3 is 2.42 bits per heavy atom. The molecular formula is C28H39N5. The Hall–Kier alpha value is -2.63. The van der Waals surface area contributed by atoms with Crippen LogP contribution < -0.4 is 10.2 Å². The molecule has 0 atom stereocenters. The topological polar surface area (TPSA) is 36.3 Å². The van der Waals surface area contributed by atoms with E-state index in [1.54, 1.807) is 0 Å². The van der Waals surface area contributed by atoms with Crippen molar-refractivity contribution in [2.45, 2.75) is 40.0 Å². The van der Waals surface area contributed by atoms with Gasteiger partial charge in [0.15, 0.2) is 0 Å². The minimum atomic E-state index is 0.969. The number of aromatic nitrogens is 2. The Morgan fingerprint density at radius 1 is 0.879 bits per heavy atom. The van der Waals surface area contributed by atoms with E-state index < -0.39 is 0 Å². The lowest BCUT2D eigenvalue weighted by Crippen LogP contribution is -2.48. The monoisotopic (exact) mass is 445 g/mol. The normalized spacial score (nSPS) is 14.7. The van der Waals surface area contributed by atoms with E-state index in [-0.39, 0.29) is 0 Å². The molecule has 0 radical (unpaired) electrons. The van der Waals surface area contributed by atoms with Crippen LogP contribution in [0.15, 0.2) is 54.6 Å². The summed E-state index contributed by atoms with van der Waals surface area (Å²) in [5.74, 6) is 0. The van der Waals surface area contributed by atoms with Crippen LogP contribution in [0.4, 0.5) is 5.69 Å². The predicted molar refractivity (Wildman–Crippen MR) is 139 cm³/mol. The van der Waals surface area contributed by atoms with Gasteiger partial charge in [0.25, 0.3) is 0 Å². The van der Waals surface area contributed by atoms with Gasteiger partial charge in [-0.25, -0.2) is 4.68 Å². The molecule has 0 spiro atoms. The highest BCUT2D eigenvalue weighted by Gasteiger charge is 2.18. The molecule has 5 nitrogen and oxygen atoms in total. The maximum atomic E-state index is 4.90. The maximum Gasteiger partial charge on any atom is 0.0648 e. The van der Waals surface area contributed by atoms with Crippen molar-refractivity contribution < 1.29 is 0 Å². The van der Waals surface area contributed by atoms with Crippen molar-refractivity contribution in [3.63, 3.8) is 0 Å². The molecule has 2 aromatic carbocycles. The first-order chi connectivity index (χ1) is 16.2. The Balaban J connectivity index is 1.20. The van der Waals surface area contributed by atoms with Crippen molar-refractivity contribution in [3.8, 4) is 5.69 Å². The molecule has 1 aliphatic rings. The standard InChI is InChI=1S/C28H39N5/c1-4-9-27-22-25(30-33(27)26-11-6-5-7-12-26)14-15-29-16-17-31-18-20-32(21-19-31)28-13-8-10-23(2)24(28)3/h5-8,10-13,22,29H,4,9,14-21H2,1-3H3. The van der Waals surface area contributed by atoms with E-state index in [4.69, 9.17) is 5.10 Å². The molecule has 1 N–H and O–H groups in total. The molecule has 1 aromatic heterocycles. The highest BCUT2D eigenvalue weighted by molar-refractivity contribution is 5.56. The highest BCUT2D eigenvalue weighted by atomic mass is 15.3. The molecule has 0 saturated carbocycles. The van der Waals surface area contributed by atoms with Crippen molar-refractivity contribution in [1.82, 2.24) is 20.0 Å². The average Bonchev–Trinajstić information content (AvgIpc) is 3.24. The van der Waals surface area contributed by atoms with Crippen LogP contribution in [0.3, 0.4) is 0 Å². The summed E-state index contributed by atoms with van der Waals surface area (Å²) in [5, 5.41) is 8.53. The van der Waals surface area contributed by atoms with Crippen LogP contribution in [-0.2, 0) is 12.8 Å². The van der Waals surface area contributed by atoms with E-state index >= 15 is 0 Å². The summed E-state index contributed by atoms with van der Waals surface area (Å²) in [6.45, 7) is 14.3. The third kappa shape index (κ3) is 6.04. The van der Waals surface area contributed by atoms with E-state index in [9.17, 15) is 0 Å². The Kier molecular flexibility index (Phi) is 8.19. The van der Waals surface area contributed by atoms with Gasteiger partial charge in [-0.1, -0.05) is 43.7 Å². The molecule has 1 aliphatic heterocycles. The third-order valence-corrected chi connectivity index (χ3v) is 6.79. The van der Waals surface area contributed by atoms with Gasteiger partial charge in [0, 0.05) is 63.6 Å². The van der Waals surface area contributed by atoms with Gasteiger partial charge in [-0.15, -0.1) is 0 Å². The summed E-state index contributed by atoms with van der Waals surface area (Å²) in [6, 6.07) is 19.4. The molecule has 5 heteroatoms. The summed E-state index contributed by atoms with van der Waals surface area (Å²) < 4.78 is 2.12. The van der Waals surface area contributed by atoms with Gasteiger partial charge < -0.3 is 10.2 Å². The number of piperazine rings is 1. The Bertz CT molecular complexity index is 1000. The number of benzene rings is 2. The van der Waals surface area contributed by atoms with Crippen molar-refractivity contribution in [3.05, 3.63) is 77.1 Å². The smallest absolute Gasteiger partial charge is 0.0648 e. The number of nitrogens with zero attached hydrogens (tertiary/aromatic N) is 4. The van der Waals surface area contributed by atoms with Crippen LogP contribution in [0.2, 0.25) is 0 Å². The minimum absolute atomic E-state index is 0.969. The van der Waals surface area contributed by atoms with E-state index in [2.05, 4.69) is 95.2 Å². The van der Waals surface area contributed by atoms with Gasteiger partial charge in [-0.05, 0) is 55.7 Å². The van der Waals surface area contributed by atoms with Crippen LogP contribution in [0.5, 0.6) is 0 Å². The summed E-state index contributed by atoms with van der Waals surface area (Å²) in [4.78, 5) is 5.13. The van der Waals surface area contributed by atoms with E-state index in [0.29, 0.717) is 0 Å². The number of anilines is 1. The lowest BCUT2D eigenvalue weighted by molar-refractivity contribution is 0.258. The molecule has 0 aliphatic carbocycles. The third-order valence-electron chi connectivity index (χ3n) is 6.79. The predicted octanol–water partition coefficient (Wildman–Crippen LogP) is 4.40.